The van der Waals surface area contributed by atoms with Gasteiger partial charge in [-0.2, -0.15) is 0 Å². The molecule has 0 unspecified atom stereocenters. The lowest BCUT2D eigenvalue weighted by Gasteiger charge is -1.67. The van der Waals surface area contributed by atoms with Gasteiger partial charge in [0.1, 0.15) is 0 Å². The van der Waals surface area contributed by atoms with Crippen molar-refractivity contribution in [2.24, 2.45) is 0 Å². The average molecular weight is 89.1 g/mol. The van der Waals surface area contributed by atoms with Gasteiger partial charge in [-0.1, -0.05) is 13.3 Å². The van der Waals surface area contributed by atoms with E-state index in [1.807, 2.05) is 16.3 Å². The number of rotatable bonds is 1. The normalized spacial score (nSPS) is 5.80. The molecule has 2 N–H and O–H groups in total. The third-order valence-corrected chi connectivity index (χ3v) is 1.06. The molecule has 0 aliphatic carbocycles. The zero-order chi connectivity index (χ0) is 3.41. The van der Waals surface area contributed by atoms with Crippen LogP contribution in [0.2, 0.25) is 5.28 Å². The minimum Gasteiger partial charge on any atom is -0.412 e. The Hall–Kier alpha value is 0.492. The Morgan fingerprint density at radius 1 is 1.60 bits per heavy atom. The van der Waals surface area contributed by atoms with E-state index >= 15 is 0 Å². The zero-order valence-corrected chi connectivity index (χ0v) is 5.04. The van der Waals surface area contributed by atoms with Crippen LogP contribution in [0.15, 0.2) is 0 Å². The Bertz CT molecular complexity index is 8.85. The summed E-state index contributed by atoms with van der Waals surface area (Å²) in [5, 5.41) is 1.35. The second kappa shape index (κ2) is 8.82. The largest absolute Gasteiger partial charge is 0.412 e. The van der Waals surface area contributed by atoms with Gasteiger partial charge >= 0.3 is 0 Å². The number of hydrogen-bond acceptors (Lipinski definition) is 0. The van der Waals surface area contributed by atoms with E-state index in [0.29, 0.717) is 0 Å². The molecule has 0 heterocycles. The third kappa shape index (κ3) is 12.5. The van der Waals surface area contributed by atoms with Crippen LogP contribution in [0.3, 0.4) is 0 Å². The van der Waals surface area contributed by atoms with Crippen LogP contribution in [-0.4, -0.2) is 21.8 Å². The first-order valence-electron chi connectivity index (χ1n) is 1.71. The Labute approximate surface area is 41.1 Å². The molecule has 5 heavy (non-hydrogen) atoms. The first-order chi connectivity index (χ1) is 1.91. The van der Waals surface area contributed by atoms with E-state index in [-0.39, 0.29) is 5.48 Å². The van der Waals surface area contributed by atoms with Gasteiger partial charge in [-0.05, 0) is 0 Å². The number of hydrogen-bond donors (Lipinski definition) is 0. The Kier molecular flexibility index (Phi) is 16.0. The summed E-state index contributed by atoms with van der Waals surface area (Å²) in [6, 6.07) is 0. The maximum absolute atomic E-state index is 2.19. The second-order valence-corrected chi connectivity index (χ2v) is 1.56. The zero-order valence-electron chi connectivity index (χ0n) is 3.62. The molecule has 0 atom stereocenters. The van der Waals surface area contributed by atoms with Gasteiger partial charge in [0.05, 0.1) is 0 Å². The fourth-order valence-electron chi connectivity index (χ4n) is 0. The molecule has 0 fully saturated rings. The molecule has 0 aromatic carbocycles. The van der Waals surface area contributed by atoms with Crippen molar-refractivity contribution >= 4 is 16.3 Å². The van der Waals surface area contributed by atoms with Crippen molar-refractivity contribution < 1.29 is 5.48 Å². The summed E-state index contributed by atoms with van der Waals surface area (Å²) in [5.41, 5.74) is 0. The average Bonchev–Trinajstić information content (AvgIpc) is 1.37. The predicted octanol–water partition coefficient (Wildman–Crippen LogP) is -0.109. The van der Waals surface area contributed by atoms with Crippen LogP contribution in [0.25, 0.3) is 0 Å². The Morgan fingerprint density at radius 2 is 1.80 bits per heavy atom. The molecule has 2 heteroatoms. The maximum atomic E-state index is 2.19. The molecule has 0 aromatic heterocycles. The van der Waals surface area contributed by atoms with E-state index in [1.165, 1.54) is 11.7 Å². The molecule has 1 radical (unpaired) electrons. The van der Waals surface area contributed by atoms with Gasteiger partial charge in [0.25, 0.3) is 0 Å². The first kappa shape index (κ1) is 9.09. The van der Waals surface area contributed by atoms with E-state index < -0.39 is 0 Å². The Balaban J connectivity index is 0. The van der Waals surface area contributed by atoms with Crippen LogP contribution >= 0.6 is 0 Å². The highest BCUT2D eigenvalue weighted by Gasteiger charge is 1.57. The molecule has 0 saturated heterocycles. The Morgan fingerprint density at radius 3 is 1.80 bits per heavy atom. The van der Waals surface area contributed by atoms with Gasteiger partial charge in [0.15, 0.2) is 16.3 Å². The molecule has 0 aromatic rings. The van der Waals surface area contributed by atoms with Crippen LogP contribution in [0.4, 0.5) is 0 Å². The molecule has 0 bridgehead atoms. The first-order valence-corrected chi connectivity index (χ1v) is 2.71. The van der Waals surface area contributed by atoms with Crippen LogP contribution in [0.1, 0.15) is 13.3 Å². The van der Waals surface area contributed by atoms with Gasteiger partial charge < -0.3 is 5.48 Å². The summed E-state index contributed by atoms with van der Waals surface area (Å²) in [4.78, 5) is 0. The van der Waals surface area contributed by atoms with E-state index in [0.717, 1.165) is 0 Å². The highest BCUT2D eigenvalue weighted by Crippen LogP contribution is 1.73. The minimum atomic E-state index is 0. The molecule has 0 rings (SSSR count). The molecule has 0 aliphatic heterocycles. The molecule has 0 aliphatic rings. The minimum absolute atomic E-state index is 0. The molecular formula is C3H10AlO. The lowest BCUT2D eigenvalue weighted by atomic mass is 10.6. The maximum Gasteiger partial charge on any atom is 0.173 e. The standard InChI is InChI=1S/C3H7.Al.H2O.H/c1-3-2;;;/h1,3H2,2H3;;1H2;. The van der Waals surface area contributed by atoms with Crippen molar-refractivity contribution in [3.63, 3.8) is 0 Å². The smallest absolute Gasteiger partial charge is 0.173 e. The molecule has 1 nitrogen and oxygen atoms in total. The SMILES string of the molecule is CC[CH2][AlH].O. The van der Waals surface area contributed by atoms with Crippen molar-refractivity contribution in [3.05, 3.63) is 0 Å². The van der Waals surface area contributed by atoms with Crippen molar-refractivity contribution in [1.29, 1.82) is 0 Å². The van der Waals surface area contributed by atoms with E-state index in [4.69, 9.17) is 0 Å². The molecular weight excluding hydrogens is 79.0 g/mol. The summed E-state index contributed by atoms with van der Waals surface area (Å²) in [6.45, 7) is 2.19. The highest BCUT2D eigenvalue weighted by atomic mass is 27.0. The van der Waals surface area contributed by atoms with Crippen molar-refractivity contribution in [1.82, 2.24) is 0 Å². The second-order valence-electron chi connectivity index (χ2n) is 0.854. The summed E-state index contributed by atoms with van der Waals surface area (Å²) >= 11 is 2.02. The fourth-order valence-corrected chi connectivity index (χ4v) is 0. The van der Waals surface area contributed by atoms with E-state index in [9.17, 15) is 0 Å². The lowest BCUT2D eigenvalue weighted by Crippen LogP contribution is -1.55. The van der Waals surface area contributed by atoms with Gasteiger partial charge in [0, 0.05) is 0 Å². The predicted molar refractivity (Wildman–Crippen MR) is 25.9 cm³/mol. The lowest BCUT2D eigenvalue weighted by molar-refractivity contribution is 0.824. The summed E-state index contributed by atoms with van der Waals surface area (Å²) in [5.74, 6) is 0. The summed E-state index contributed by atoms with van der Waals surface area (Å²) in [7, 11) is 0. The van der Waals surface area contributed by atoms with Crippen LogP contribution < -0.4 is 0 Å². The van der Waals surface area contributed by atoms with Gasteiger partial charge in [-0.3, -0.25) is 0 Å². The van der Waals surface area contributed by atoms with E-state index in [1.54, 1.807) is 0 Å². The molecule has 31 valence electrons. The van der Waals surface area contributed by atoms with Gasteiger partial charge in [-0.25, -0.2) is 0 Å². The van der Waals surface area contributed by atoms with Crippen LogP contribution in [0, 0.1) is 0 Å². The van der Waals surface area contributed by atoms with Crippen molar-refractivity contribution in [2.45, 2.75) is 18.6 Å². The highest BCUT2D eigenvalue weighted by molar-refractivity contribution is 6.08. The van der Waals surface area contributed by atoms with Gasteiger partial charge in [0.2, 0.25) is 0 Å². The monoisotopic (exact) mass is 89.1 g/mol. The molecule has 0 saturated carbocycles. The summed E-state index contributed by atoms with van der Waals surface area (Å²) in [6.07, 6.45) is 1.33. The van der Waals surface area contributed by atoms with Gasteiger partial charge in [-0.15, -0.1) is 5.28 Å². The van der Waals surface area contributed by atoms with E-state index in [2.05, 4.69) is 6.92 Å². The van der Waals surface area contributed by atoms with Crippen molar-refractivity contribution in [2.75, 3.05) is 0 Å². The third-order valence-electron chi connectivity index (χ3n) is 0.354. The van der Waals surface area contributed by atoms with Crippen LogP contribution in [0.5, 0.6) is 0 Å². The fraction of sp³-hybridized carbons (Fsp3) is 1.00. The molecule has 0 spiro atoms. The van der Waals surface area contributed by atoms with Crippen molar-refractivity contribution in [3.8, 4) is 0 Å². The topological polar surface area (TPSA) is 31.5 Å². The van der Waals surface area contributed by atoms with Crippen LogP contribution in [-0.2, 0) is 0 Å². The molecule has 0 amide bonds. The quantitative estimate of drug-likeness (QED) is 0.401. The summed E-state index contributed by atoms with van der Waals surface area (Å²) < 4.78 is 0.